The SMILES string of the molecule is COc1ccc(NC(=O)c2cc3c(-c4ccc(Cl)cc4)nn(C)c3s2)cc1OC. The summed E-state index contributed by atoms with van der Waals surface area (Å²) in [7, 11) is 4.99. The number of carbonyl (C=O) groups is 1. The van der Waals surface area contributed by atoms with Crippen molar-refractivity contribution >= 4 is 44.7 Å². The summed E-state index contributed by atoms with van der Waals surface area (Å²) in [6, 6.07) is 14.6. The Morgan fingerprint density at radius 1 is 1.07 bits per heavy atom. The molecule has 1 amide bonds. The normalized spacial score (nSPS) is 10.9. The number of amides is 1. The van der Waals surface area contributed by atoms with Gasteiger partial charge in [-0.2, -0.15) is 5.10 Å². The first kappa shape index (κ1) is 19.3. The van der Waals surface area contributed by atoms with Gasteiger partial charge in [0.1, 0.15) is 10.5 Å². The number of carbonyl (C=O) groups excluding carboxylic acids is 1. The number of fused-ring (bicyclic) bond motifs is 1. The highest BCUT2D eigenvalue weighted by Gasteiger charge is 2.18. The lowest BCUT2D eigenvalue weighted by atomic mass is 10.1. The Morgan fingerprint density at radius 3 is 2.48 bits per heavy atom. The zero-order valence-electron chi connectivity index (χ0n) is 16.0. The van der Waals surface area contributed by atoms with Gasteiger partial charge in [-0.25, -0.2) is 0 Å². The van der Waals surface area contributed by atoms with E-state index in [1.165, 1.54) is 11.3 Å². The molecule has 1 N–H and O–H groups in total. The van der Waals surface area contributed by atoms with Crippen LogP contribution in [-0.2, 0) is 7.05 Å². The molecule has 0 fully saturated rings. The monoisotopic (exact) mass is 427 g/mol. The minimum absolute atomic E-state index is 0.194. The van der Waals surface area contributed by atoms with E-state index in [1.54, 1.807) is 37.1 Å². The lowest BCUT2D eigenvalue weighted by Crippen LogP contribution is -2.10. The zero-order valence-corrected chi connectivity index (χ0v) is 17.6. The Labute approximate surface area is 176 Å². The van der Waals surface area contributed by atoms with E-state index < -0.39 is 0 Å². The molecule has 0 saturated heterocycles. The highest BCUT2D eigenvalue weighted by Crippen LogP contribution is 2.35. The third-order valence-corrected chi connectivity index (χ3v) is 5.95. The largest absolute Gasteiger partial charge is 0.493 e. The fourth-order valence-electron chi connectivity index (χ4n) is 3.08. The minimum atomic E-state index is -0.194. The van der Waals surface area contributed by atoms with Crippen LogP contribution in [-0.4, -0.2) is 29.9 Å². The first-order valence-corrected chi connectivity index (χ1v) is 9.95. The molecule has 2 heterocycles. The predicted molar refractivity (Wildman–Crippen MR) is 117 cm³/mol. The number of nitrogens with zero attached hydrogens (tertiary/aromatic N) is 2. The fourth-order valence-corrected chi connectivity index (χ4v) is 4.17. The molecule has 6 nitrogen and oxygen atoms in total. The van der Waals surface area contributed by atoms with Crippen LogP contribution < -0.4 is 14.8 Å². The number of rotatable bonds is 5. The van der Waals surface area contributed by atoms with Crippen molar-refractivity contribution in [2.75, 3.05) is 19.5 Å². The van der Waals surface area contributed by atoms with E-state index >= 15 is 0 Å². The van der Waals surface area contributed by atoms with E-state index in [2.05, 4.69) is 10.4 Å². The van der Waals surface area contributed by atoms with Crippen molar-refractivity contribution in [1.29, 1.82) is 0 Å². The summed E-state index contributed by atoms with van der Waals surface area (Å²) in [5.41, 5.74) is 2.39. The number of hydrogen-bond acceptors (Lipinski definition) is 5. The number of hydrogen-bond donors (Lipinski definition) is 1. The molecule has 2 aromatic heterocycles. The molecule has 0 aliphatic rings. The van der Waals surface area contributed by atoms with Crippen molar-refractivity contribution in [1.82, 2.24) is 9.78 Å². The van der Waals surface area contributed by atoms with Crippen LogP contribution in [0.5, 0.6) is 11.5 Å². The molecule has 8 heteroatoms. The first-order chi connectivity index (χ1) is 14.0. The number of thiophene rings is 1. The molecule has 4 rings (SSSR count). The van der Waals surface area contributed by atoms with Gasteiger partial charge in [-0.05, 0) is 30.3 Å². The van der Waals surface area contributed by atoms with Gasteiger partial charge < -0.3 is 14.8 Å². The lowest BCUT2D eigenvalue weighted by molar-refractivity contribution is 0.103. The van der Waals surface area contributed by atoms with Crippen LogP contribution in [0.15, 0.2) is 48.5 Å². The molecule has 0 saturated carbocycles. The number of anilines is 1. The van der Waals surface area contributed by atoms with E-state index in [4.69, 9.17) is 21.1 Å². The van der Waals surface area contributed by atoms with E-state index in [0.29, 0.717) is 27.1 Å². The molecule has 29 heavy (non-hydrogen) atoms. The molecule has 2 aromatic carbocycles. The molecular formula is C21H18ClN3O3S. The minimum Gasteiger partial charge on any atom is -0.493 e. The van der Waals surface area contributed by atoms with E-state index in [0.717, 1.165) is 21.5 Å². The van der Waals surface area contributed by atoms with Gasteiger partial charge in [0, 0.05) is 34.8 Å². The van der Waals surface area contributed by atoms with Crippen LogP contribution in [0.1, 0.15) is 9.67 Å². The Hall–Kier alpha value is -3.03. The summed E-state index contributed by atoms with van der Waals surface area (Å²) in [5, 5.41) is 9.10. The molecule has 4 aromatic rings. The van der Waals surface area contributed by atoms with Crippen LogP contribution >= 0.6 is 22.9 Å². The smallest absolute Gasteiger partial charge is 0.265 e. The molecule has 0 unspecified atom stereocenters. The second-order valence-corrected chi connectivity index (χ2v) is 7.80. The van der Waals surface area contributed by atoms with Gasteiger partial charge >= 0.3 is 0 Å². The molecule has 0 aliphatic carbocycles. The van der Waals surface area contributed by atoms with E-state index in [1.807, 2.05) is 37.4 Å². The predicted octanol–water partition coefficient (Wildman–Crippen LogP) is 5.22. The number of aromatic nitrogens is 2. The van der Waals surface area contributed by atoms with Crippen molar-refractivity contribution in [2.45, 2.75) is 0 Å². The molecular weight excluding hydrogens is 410 g/mol. The summed E-state index contributed by atoms with van der Waals surface area (Å²) in [5.74, 6) is 0.961. The Morgan fingerprint density at radius 2 is 1.79 bits per heavy atom. The molecule has 0 spiro atoms. The number of aryl methyl sites for hydroxylation is 1. The van der Waals surface area contributed by atoms with Gasteiger partial charge in [0.2, 0.25) is 0 Å². The third-order valence-electron chi connectivity index (χ3n) is 4.49. The quantitative estimate of drug-likeness (QED) is 0.474. The summed E-state index contributed by atoms with van der Waals surface area (Å²) in [6.07, 6.45) is 0. The average Bonchev–Trinajstić information content (AvgIpc) is 3.29. The van der Waals surface area contributed by atoms with Gasteiger partial charge in [-0.3, -0.25) is 9.48 Å². The van der Waals surface area contributed by atoms with E-state index in [-0.39, 0.29) is 5.91 Å². The van der Waals surface area contributed by atoms with E-state index in [9.17, 15) is 4.79 Å². The van der Waals surface area contributed by atoms with Gasteiger partial charge in [-0.1, -0.05) is 23.7 Å². The lowest BCUT2D eigenvalue weighted by Gasteiger charge is -2.10. The number of nitrogens with one attached hydrogen (secondary N) is 1. The fraction of sp³-hybridized carbons (Fsp3) is 0.143. The van der Waals surface area contributed by atoms with Gasteiger partial charge in [0.05, 0.1) is 19.1 Å². The second kappa shape index (κ2) is 7.77. The third kappa shape index (κ3) is 3.66. The second-order valence-electron chi connectivity index (χ2n) is 6.33. The molecule has 0 aliphatic heterocycles. The number of ether oxygens (including phenoxy) is 2. The highest BCUT2D eigenvalue weighted by atomic mass is 35.5. The standard InChI is InChI=1S/C21H18ClN3O3S/c1-25-21-15(19(24-25)12-4-6-13(22)7-5-12)11-18(29-21)20(26)23-14-8-9-16(27-2)17(10-14)28-3/h4-11H,1-3H3,(H,23,26). The highest BCUT2D eigenvalue weighted by molar-refractivity contribution is 7.20. The maximum absolute atomic E-state index is 12.8. The summed E-state index contributed by atoms with van der Waals surface area (Å²) >= 11 is 7.39. The van der Waals surface area contributed by atoms with Gasteiger partial charge in [-0.15, -0.1) is 11.3 Å². The molecule has 148 valence electrons. The Bertz CT molecular complexity index is 1200. The van der Waals surface area contributed by atoms with Crippen molar-refractivity contribution in [3.8, 4) is 22.8 Å². The van der Waals surface area contributed by atoms with Gasteiger partial charge in [0.15, 0.2) is 11.5 Å². The number of benzene rings is 2. The van der Waals surface area contributed by atoms with Crippen molar-refractivity contribution < 1.29 is 14.3 Å². The zero-order chi connectivity index (χ0) is 20.5. The van der Waals surface area contributed by atoms with Crippen molar-refractivity contribution in [2.24, 2.45) is 7.05 Å². The van der Waals surface area contributed by atoms with Crippen LogP contribution in [0.2, 0.25) is 5.02 Å². The van der Waals surface area contributed by atoms with Crippen LogP contribution in [0.4, 0.5) is 5.69 Å². The average molecular weight is 428 g/mol. The topological polar surface area (TPSA) is 65.4 Å². The summed E-state index contributed by atoms with van der Waals surface area (Å²) in [4.78, 5) is 14.3. The maximum atomic E-state index is 12.8. The van der Waals surface area contributed by atoms with Crippen LogP contribution in [0, 0.1) is 0 Å². The molecule has 0 bridgehead atoms. The number of methoxy groups -OCH3 is 2. The Balaban J connectivity index is 1.65. The van der Waals surface area contributed by atoms with Crippen molar-refractivity contribution in [3.05, 3.63) is 58.4 Å². The number of halogens is 1. The molecule has 0 atom stereocenters. The molecule has 0 radical (unpaired) electrons. The van der Waals surface area contributed by atoms with Crippen molar-refractivity contribution in [3.63, 3.8) is 0 Å². The van der Waals surface area contributed by atoms with Crippen LogP contribution in [0.3, 0.4) is 0 Å². The Kier molecular flexibility index (Phi) is 5.17. The maximum Gasteiger partial charge on any atom is 0.265 e. The summed E-state index contributed by atoms with van der Waals surface area (Å²) in [6.45, 7) is 0. The van der Waals surface area contributed by atoms with Crippen LogP contribution in [0.25, 0.3) is 21.5 Å². The summed E-state index contributed by atoms with van der Waals surface area (Å²) < 4.78 is 12.3. The van der Waals surface area contributed by atoms with Gasteiger partial charge in [0.25, 0.3) is 5.91 Å². The first-order valence-electron chi connectivity index (χ1n) is 8.76.